The van der Waals surface area contributed by atoms with Crippen molar-refractivity contribution in [1.29, 1.82) is 0 Å². The zero-order chi connectivity index (χ0) is 28.8. The molecule has 5 nitrogen and oxygen atoms in total. The number of rotatable bonds is 4. The van der Waals surface area contributed by atoms with Gasteiger partial charge >= 0.3 is 21.1 Å². The van der Waals surface area contributed by atoms with Gasteiger partial charge in [-0.25, -0.2) is 4.98 Å². The van der Waals surface area contributed by atoms with Crippen LogP contribution >= 0.6 is 0 Å². The van der Waals surface area contributed by atoms with Gasteiger partial charge in [0.25, 0.3) is 0 Å². The molecule has 6 heteroatoms. The van der Waals surface area contributed by atoms with E-state index in [9.17, 15) is 0 Å². The molecule has 0 bridgehead atoms. The fraction of sp³-hybridized carbons (Fsp3) is 0.216. The van der Waals surface area contributed by atoms with Crippen LogP contribution in [0.25, 0.3) is 43.7 Å². The normalized spacial score (nSPS) is 12.9. The zero-order valence-electron chi connectivity index (χ0n) is 24.3. The SMILES string of the molecule is [C-]#[N+]c1cc(Oc2[c-]c3c(cc2)c2ccccc2n3-c2cc(C(C)(C)C)ccn2)[c-]c(-c2cc3c(cn2)CCCC3)c1.[Pt+2]. The summed E-state index contributed by atoms with van der Waals surface area (Å²) in [6.07, 6.45) is 8.40. The zero-order valence-corrected chi connectivity index (χ0v) is 26.6. The number of aromatic nitrogens is 3. The van der Waals surface area contributed by atoms with Gasteiger partial charge in [-0.15, -0.1) is 29.1 Å². The van der Waals surface area contributed by atoms with Gasteiger partial charge < -0.3 is 14.3 Å². The molecule has 1 aliphatic rings. The Bertz CT molecular complexity index is 2030. The van der Waals surface area contributed by atoms with E-state index >= 15 is 0 Å². The first-order valence-electron chi connectivity index (χ1n) is 14.4. The standard InChI is InChI=1S/C37H30N4O.Pt/c1-37(2,3)27-15-16-39-36(20-27)41-34-12-8-7-11-31(34)32-14-13-29(22-35(32)41)42-30-18-26(17-28(21-30)38-4)33-19-24-9-5-6-10-25(24)23-40-33;/h7-8,11-17,19-21,23H,5-6,9-10H2,1-3H3;/q-2;+2. The Labute approximate surface area is 266 Å². The van der Waals surface area contributed by atoms with Crippen LogP contribution in [0.4, 0.5) is 5.69 Å². The number of para-hydroxylation sites is 1. The van der Waals surface area contributed by atoms with E-state index in [1.54, 1.807) is 6.07 Å². The minimum atomic E-state index is -0.0111. The van der Waals surface area contributed by atoms with Gasteiger partial charge in [-0.2, -0.15) is 6.07 Å². The molecule has 0 atom stereocenters. The number of pyridine rings is 2. The minimum absolute atomic E-state index is 0. The molecule has 43 heavy (non-hydrogen) atoms. The first-order valence-corrected chi connectivity index (χ1v) is 14.4. The average Bonchev–Trinajstić information content (AvgIpc) is 3.34. The number of fused-ring (bicyclic) bond motifs is 4. The van der Waals surface area contributed by atoms with Gasteiger partial charge in [0.2, 0.25) is 0 Å². The minimum Gasteiger partial charge on any atom is -0.504 e. The van der Waals surface area contributed by atoms with Crippen molar-refractivity contribution in [2.75, 3.05) is 0 Å². The van der Waals surface area contributed by atoms with Crippen LogP contribution in [0.2, 0.25) is 0 Å². The Morgan fingerprint density at radius 2 is 1.67 bits per heavy atom. The summed E-state index contributed by atoms with van der Waals surface area (Å²) in [6.45, 7) is 14.3. The van der Waals surface area contributed by atoms with Crippen molar-refractivity contribution >= 4 is 27.5 Å². The summed E-state index contributed by atoms with van der Waals surface area (Å²) in [6, 6.07) is 29.1. The van der Waals surface area contributed by atoms with Crippen LogP contribution < -0.4 is 4.74 Å². The molecular weight excluding hydrogens is 712 g/mol. The van der Waals surface area contributed by atoms with Gasteiger partial charge in [0.1, 0.15) is 11.5 Å². The van der Waals surface area contributed by atoms with Crippen LogP contribution in [-0.2, 0) is 39.3 Å². The summed E-state index contributed by atoms with van der Waals surface area (Å²) in [4.78, 5) is 13.2. The third kappa shape index (κ3) is 5.49. The summed E-state index contributed by atoms with van der Waals surface area (Å²) in [5, 5.41) is 2.19. The second kappa shape index (κ2) is 11.4. The molecule has 1 aliphatic carbocycles. The second-order valence-corrected chi connectivity index (χ2v) is 12.0. The topological polar surface area (TPSA) is 44.3 Å². The monoisotopic (exact) mass is 741 g/mol. The van der Waals surface area contributed by atoms with Gasteiger partial charge in [-0.1, -0.05) is 68.2 Å². The van der Waals surface area contributed by atoms with E-state index in [1.165, 1.54) is 29.5 Å². The van der Waals surface area contributed by atoms with Crippen LogP contribution in [0.5, 0.6) is 11.5 Å². The molecule has 0 saturated heterocycles. The number of nitrogens with zero attached hydrogens (tertiary/aromatic N) is 4. The summed E-state index contributed by atoms with van der Waals surface area (Å²) in [7, 11) is 0. The predicted octanol–water partition coefficient (Wildman–Crippen LogP) is 9.36. The molecule has 7 rings (SSSR count). The van der Waals surface area contributed by atoms with Gasteiger partial charge in [0.05, 0.1) is 6.57 Å². The van der Waals surface area contributed by atoms with Crippen molar-refractivity contribution in [1.82, 2.24) is 14.5 Å². The Kier molecular flexibility index (Phi) is 7.67. The molecule has 0 radical (unpaired) electrons. The Morgan fingerprint density at radius 3 is 2.49 bits per heavy atom. The maximum Gasteiger partial charge on any atom is 2.00 e. The molecule has 0 fully saturated rings. The van der Waals surface area contributed by atoms with Gasteiger partial charge in [0, 0.05) is 29.4 Å². The van der Waals surface area contributed by atoms with E-state index in [1.807, 2.05) is 30.6 Å². The van der Waals surface area contributed by atoms with Crippen molar-refractivity contribution in [3.63, 3.8) is 0 Å². The van der Waals surface area contributed by atoms with Crippen LogP contribution in [0.3, 0.4) is 0 Å². The first-order chi connectivity index (χ1) is 20.4. The summed E-state index contributed by atoms with van der Waals surface area (Å²) < 4.78 is 8.50. The fourth-order valence-corrected chi connectivity index (χ4v) is 5.84. The number of ether oxygens (including phenoxy) is 1. The van der Waals surface area contributed by atoms with Crippen LogP contribution in [0.1, 0.15) is 50.3 Å². The van der Waals surface area contributed by atoms with Crippen LogP contribution in [0, 0.1) is 18.7 Å². The molecule has 0 saturated carbocycles. The molecule has 0 aliphatic heterocycles. The van der Waals surface area contributed by atoms with E-state index in [0.717, 1.165) is 51.7 Å². The smallest absolute Gasteiger partial charge is 0.504 e. The molecule has 214 valence electrons. The predicted molar refractivity (Wildman–Crippen MR) is 168 cm³/mol. The quantitative estimate of drug-likeness (QED) is 0.169. The average molecular weight is 742 g/mol. The summed E-state index contributed by atoms with van der Waals surface area (Å²) in [5.74, 6) is 1.84. The fourth-order valence-electron chi connectivity index (χ4n) is 5.84. The summed E-state index contributed by atoms with van der Waals surface area (Å²) >= 11 is 0. The van der Waals surface area contributed by atoms with Crippen molar-refractivity contribution in [3.8, 4) is 28.6 Å². The number of aryl methyl sites for hydroxylation is 2. The molecule has 0 N–H and O–H groups in total. The molecule has 3 aromatic heterocycles. The molecule has 0 spiro atoms. The van der Waals surface area contributed by atoms with E-state index < -0.39 is 0 Å². The Morgan fingerprint density at radius 1 is 0.860 bits per heavy atom. The second-order valence-electron chi connectivity index (χ2n) is 12.0. The Hall–Kier alpha value is -4.26. The number of hydrogen-bond acceptors (Lipinski definition) is 3. The molecule has 0 unspecified atom stereocenters. The van der Waals surface area contributed by atoms with Crippen LogP contribution in [0.15, 0.2) is 79.1 Å². The van der Waals surface area contributed by atoms with Crippen molar-refractivity contribution < 1.29 is 25.8 Å². The number of benzene rings is 3. The molecule has 0 amide bonds. The number of hydrogen-bond donors (Lipinski definition) is 0. The maximum absolute atomic E-state index is 7.70. The van der Waals surface area contributed by atoms with Crippen molar-refractivity contribution in [2.24, 2.45) is 0 Å². The van der Waals surface area contributed by atoms with Gasteiger partial charge in [-0.3, -0.25) is 4.85 Å². The van der Waals surface area contributed by atoms with E-state index in [4.69, 9.17) is 21.3 Å². The maximum atomic E-state index is 7.70. The third-order valence-corrected chi connectivity index (χ3v) is 8.08. The molecule has 3 heterocycles. The molecule has 3 aromatic carbocycles. The third-order valence-electron chi connectivity index (χ3n) is 8.08. The van der Waals surface area contributed by atoms with E-state index in [-0.39, 0.29) is 26.5 Å². The van der Waals surface area contributed by atoms with Gasteiger partial charge in [0.15, 0.2) is 0 Å². The first kappa shape index (κ1) is 28.8. The van der Waals surface area contributed by atoms with Crippen molar-refractivity contribution in [3.05, 3.63) is 119 Å². The van der Waals surface area contributed by atoms with E-state index in [2.05, 4.69) is 84.8 Å². The van der Waals surface area contributed by atoms with E-state index in [0.29, 0.717) is 17.2 Å². The molecule has 6 aromatic rings. The largest absolute Gasteiger partial charge is 2.00 e. The van der Waals surface area contributed by atoms with Gasteiger partial charge in [-0.05, 0) is 71.5 Å². The Balaban J connectivity index is 0.00000329. The summed E-state index contributed by atoms with van der Waals surface area (Å²) in [5.41, 5.74) is 7.85. The molecular formula is C37H30N4OPt. The van der Waals surface area contributed by atoms with Crippen molar-refractivity contribution in [2.45, 2.75) is 51.9 Å². The van der Waals surface area contributed by atoms with Crippen LogP contribution in [-0.4, -0.2) is 14.5 Å².